The van der Waals surface area contributed by atoms with Gasteiger partial charge in [0.15, 0.2) is 0 Å². The third-order valence-corrected chi connectivity index (χ3v) is 6.10. The highest BCUT2D eigenvalue weighted by atomic mass is 32.2. The number of benzene rings is 2. The number of carbonyl (C=O) groups excluding carboxylic acids is 1. The van der Waals surface area contributed by atoms with E-state index in [0.717, 1.165) is 31.4 Å². The molecule has 0 aliphatic heterocycles. The van der Waals surface area contributed by atoms with Gasteiger partial charge in [-0.1, -0.05) is 12.1 Å². The van der Waals surface area contributed by atoms with Gasteiger partial charge < -0.3 is 10.1 Å². The maximum absolute atomic E-state index is 12.2. The zero-order valence-corrected chi connectivity index (χ0v) is 16.7. The Morgan fingerprint density at radius 1 is 1.11 bits per heavy atom. The molecule has 1 N–H and O–H groups in total. The van der Waals surface area contributed by atoms with Gasteiger partial charge in [0.25, 0.3) is 0 Å². The molecule has 0 saturated heterocycles. The Morgan fingerprint density at radius 3 is 2.64 bits per heavy atom. The normalized spacial score (nSPS) is 10.8. The molecule has 5 nitrogen and oxygen atoms in total. The lowest BCUT2D eigenvalue weighted by atomic mass is 10.3. The van der Waals surface area contributed by atoms with Crippen LogP contribution in [0.1, 0.15) is 0 Å². The van der Waals surface area contributed by atoms with Crippen LogP contribution in [0.15, 0.2) is 71.8 Å². The van der Waals surface area contributed by atoms with Crippen molar-refractivity contribution in [2.24, 2.45) is 0 Å². The van der Waals surface area contributed by atoms with Gasteiger partial charge in [0.05, 0.1) is 23.1 Å². The van der Waals surface area contributed by atoms with Crippen LogP contribution in [-0.2, 0) is 4.79 Å². The van der Waals surface area contributed by atoms with Crippen molar-refractivity contribution in [3.8, 4) is 16.3 Å². The van der Waals surface area contributed by atoms with E-state index in [1.54, 1.807) is 30.7 Å². The summed E-state index contributed by atoms with van der Waals surface area (Å²) in [6.07, 6.45) is 1.74. The molecule has 2 heterocycles. The summed E-state index contributed by atoms with van der Waals surface area (Å²) in [6.45, 7) is 0. The maximum Gasteiger partial charge on any atom is 0.235 e. The first-order valence-corrected chi connectivity index (χ1v) is 10.4. The van der Waals surface area contributed by atoms with Gasteiger partial charge in [-0.05, 0) is 48.5 Å². The van der Waals surface area contributed by atoms with Crippen LogP contribution >= 0.6 is 23.1 Å². The Kier molecular flexibility index (Phi) is 5.55. The van der Waals surface area contributed by atoms with Crippen molar-refractivity contribution in [1.82, 2.24) is 9.97 Å². The quantitative estimate of drug-likeness (QED) is 0.451. The highest BCUT2D eigenvalue weighted by molar-refractivity contribution is 8.00. The van der Waals surface area contributed by atoms with E-state index in [-0.39, 0.29) is 5.91 Å². The molecule has 0 atom stereocenters. The van der Waals surface area contributed by atoms with Gasteiger partial charge in [-0.2, -0.15) is 0 Å². The highest BCUT2D eigenvalue weighted by Gasteiger charge is 2.08. The molecule has 0 fully saturated rings. The second-order valence-electron chi connectivity index (χ2n) is 5.93. The van der Waals surface area contributed by atoms with Crippen LogP contribution in [0.25, 0.3) is 20.8 Å². The molecule has 7 heteroatoms. The number of pyridine rings is 1. The molecule has 28 heavy (non-hydrogen) atoms. The van der Waals surface area contributed by atoms with Crippen molar-refractivity contribution in [3.05, 3.63) is 66.9 Å². The third-order valence-electron chi connectivity index (χ3n) is 4.00. The average Bonchev–Trinajstić information content (AvgIpc) is 3.17. The first-order chi connectivity index (χ1) is 13.7. The minimum absolute atomic E-state index is 0.0962. The van der Waals surface area contributed by atoms with Gasteiger partial charge >= 0.3 is 0 Å². The van der Waals surface area contributed by atoms with Crippen LogP contribution in [-0.4, -0.2) is 28.7 Å². The lowest BCUT2D eigenvalue weighted by Gasteiger charge is -2.06. The fourth-order valence-electron chi connectivity index (χ4n) is 2.59. The first kappa shape index (κ1) is 18.5. The Balaban J connectivity index is 1.36. The lowest BCUT2D eigenvalue weighted by molar-refractivity contribution is -0.113. The number of thioether (sulfide) groups is 1. The van der Waals surface area contributed by atoms with E-state index in [2.05, 4.69) is 21.4 Å². The molecule has 2 aromatic carbocycles. The van der Waals surface area contributed by atoms with E-state index < -0.39 is 0 Å². The molecule has 1 amide bonds. The third kappa shape index (κ3) is 4.32. The predicted octanol–water partition coefficient (Wildman–Crippen LogP) is 5.10. The number of nitrogens with one attached hydrogen (secondary N) is 1. The van der Waals surface area contributed by atoms with Crippen molar-refractivity contribution in [2.45, 2.75) is 4.90 Å². The summed E-state index contributed by atoms with van der Waals surface area (Å²) in [7, 11) is 1.63. The second-order valence-corrected chi connectivity index (χ2v) is 8.01. The molecule has 4 aromatic rings. The molecule has 2 aromatic heterocycles. The van der Waals surface area contributed by atoms with Crippen LogP contribution in [0.2, 0.25) is 0 Å². The summed E-state index contributed by atoms with van der Waals surface area (Å²) in [6, 6.07) is 19.4. The van der Waals surface area contributed by atoms with Crippen LogP contribution in [0.4, 0.5) is 5.82 Å². The lowest BCUT2D eigenvalue weighted by Crippen LogP contribution is -2.14. The van der Waals surface area contributed by atoms with Gasteiger partial charge in [0.1, 0.15) is 16.6 Å². The summed E-state index contributed by atoms with van der Waals surface area (Å²) >= 11 is 3.09. The van der Waals surface area contributed by atoms with Gasteiger partial charge in [-0.3, -0.25) is 4.79 Å². The molecule has 0 bridgehead atoms. The van der Waals surface area contributed by atoms with Crippen LogP contribution < -0.4 is 10.1 Å². The Bertz CT molecular complexity index is 1060. The number of anilines is 1. The highest BCUT2D eigenvalue weighted by Crippen LogP contribution is 2.30. The molecule has 4 rings (SSSR count). The van der Waals surface area contributed by atoms with Crippen molar-refractivity contribution in [1.29, 1.82) is 0 Å². The molecule has 140 valence electrons. The van der Waals surface area contributed by atoms with E-state index in [1.807, 2.05) is 48.5 Å². The van der Waals surface area contributed by atoms with Crippen LogP contribution in [0, 0.1) is 0 Å². The number of para-hydroxylation sites is 1. The number of amides is 1. The Morgan fingerprint density at radius 2 is 1.93 bits per heavy atom. The van der Waals surface area contributed by atoms with Crippen molar-refractivity contribution in [3.63, 3.8) is 0 Å². The second kappa shape index (κ2) is 8.41. The standard InChI is InChI=1S/C21H17N3O2S2/c1-26-15-7-9-16(10-8-15)27-13-20(25)24-19-11-6-14(12-22-19)21-23-17-4-2-3-5-18(17)28-21/h2-12H,13H2,1H3,(H,22,24,25). The molecular weight excluding hydrogens is 390 g/mol. The molecule has 0 spiro atoms. The van der Waals surface area contributed by atoms with E-state index in [0.29, 0.717) is 11.6 Å². The topological polar surface area (TPSA) is 64.1 Å². The average molecular weight is 408 g/mol. The number of thiazole rings is 1. The number of ether oxygens (including phenoxy) is 1. The number of rotatable bonds is 6. The van der Waals surface area contributed by atoms with Crippen LogP contribution in [0.3, 0.4) is 0 Å². The summed E-state index contributed by atoms with van der Waals surface area (Å²) in [5.74, 6) is 1.55. The van der Waals surface area contributed by atoms with E-state index in [1.165, 1.54) is 11.8 Å². The number of hydrogen-bond acceptors (Lipinski definition) is 6. The summed E-state index contributed by atoms with van der Waals surface area (Å²) in [5.41, 5.74) is 1.92. The molecular formula is C21H17N3O2S2. The van der Waals surface area contributed by atoms with Gasteiger partial charge in [0, 0.05) is 16.7 Å². The molecule has 0 saturated carbocycles. The first-order valence-electron chi connectivity index (χ1n) is 8.60. The number of carbonyl (C=O) groups is 1. The van der Waals surface area contributed by atoms with Crippen LogP contribution in [0.5, 0.6) is 5.75 Å². The van der Waals surface area contributed by atoms with Gasteiger partial charge in [0.2, 0.25) is 5.91 Å². The van der Waals surface area contributed by atoms with Gasteiger partial charge in [-0.25, -0.2) is 9.97 Å². The van der Waals surface area contributed by atoms with Crippen molar-refractivity contribution < 1.29 is 9.53 Å². The minimum atomic E-state index is -0.0962. The van der Waals surface area contributed by atoms with E-state index in [9.17, 15) is 4.79 Å². The fourth-order valence-corrected chi connectivity index (χ4v) is 4.24. The Hall–Kier alpha value is -2.90. The summed E-state index contributed by atoms with van der Waals surface area (Å²) in [4.78, 5) is 22.2. The molecule has 0 unspecified atom stereocenters. The number of fused-ring (bicyclic) bond motifs is 1. The zero-order valence-electron chi connectivity index (χ0n) is 15.1. The largest absolute Gasteiger partial charge is 0.497 e. The van der Waals surface area contributed by atoms with Crippen molar-refractivity contribution >= 4 is 45.0 Å². The number of methoxy groups -OCH3 is 1. The smallest absolute Gasteiger partial charge is 0.235 e. The number of nitrogens with zero attached hydrogens (tertiary/aromatic N) is 2. The molecule has 0 aliphatic rings. The molecule has 0 aliphatic carbocycles. The Labute approximate surface area is 170 Å². The summed E-state index contributed by atoms with van der Waals surface area (Å²) in [5, 5.41) is 3.75. The molecule has 0 radical (unpaired) electrons. The van der Waals surface area contributed by atoms with E-state index in [4.69, 9.17) is 4.74 Å². The number of hydrogen-bond donors (Lipinski definition) is 1. The summed E-state index contributed by atoms with van der Waals surface area (Å²) < 4.78 is 6.28. The predicted molar refractivity (Wildman–Crippen MR) is 115 cm³/mol. The van der Waals surface area contributed by atoms with E-state index >= 15 is 0 Å². The van der Waals surface area contributed by atoms with Gasteiger partial charge in [-0.15, -0.1) is 23.1 Å². The minimum Gasteiger partial charge on any atom is -0.497 e. The number of aromatic nitrogens is 2. The monoisotopic (exact) mass is 407 g/mol. The fraction of sp³-hybridized carbons (Fsp3) is 0.0952. The maximum atomic E-state index is 12.2. The zero-order chi connectivity index (χ0) is 19.3. The van der Waals surface area contributed by atoms with Crippen molar-refractivity contribution in [2.75, 3.05) is 18.2 Å². The SMILES string of the molecule is COc1ccc(SCC(=O)Nc2ccc(-c3nc4ccccc4s3)cn2)cc1.